The van der Waals surface area contributed by atoms with E-state index in [0.717, 1.165) is 4.57 Å². The molecule has 0 atom stereocenters. The summed E-state index contributed by atoms with van der Waals surface area (Å²) in [7, 11) is 2.90. The number of anilines is 1. The van der Waals surface area contributed by atoms with Crippen molar-refractivity contribution in [3.63, 3.8) is 0 Å². The summed E-state index contributed by atoms with van der Waals surface area (Å²) in [4.78, 5) is 13.3. The largest absolute Gasteiger partial charge is 0.403 e. The molecule has 0 amide bonds. The lowest BCUT2D eigenvalue weighted by Crippen LogP contribution is -2.42. The van der Waals surface area contributed by atoms with Crippen LogP contribution in [0.15, 0.2) is 29.1 Å². The van der Waals surface area contributed by atoms with Crippen LogP contribution in [0.5, 0.6) is 0 Å². The van der Waals surface area contributed by atoms with Gasteiger partial charge in [-0.15, -0.1) is 0 Å². The normalized spacial score (nSPS) is 12.3. The molecule has 0 unspecified atom stereocenters. The Labute approximate surface area is 178 Å². The van der Waals surface area contributed by atoms with Crippen LogP contribution in [0.2, 0.25) is 0 Å². The Morgan fingerprint density at radius 2 is 2.13 bits per heavy atom. The number of nitrogens with one attached hydrogen (secondary N) is 2. The SMILES string of the molecule is CCOCCn1c(=CN)cc(N)/c(=C(\C#N)NC)c(=N)n(C)c(=O)c2ccc(F)cc21. The second-order valence-electron chi connectivity index (χ2n) is 6.53. The van der Waals surface area contributed by atoms with Gasteiger partial charge < -0.3 is 26.1 Å². The highest BCUT2D eigenvalue weighted by Gasteiger charge is 2.08. The molecule has 0 saturated carbocycles. The zero-order chi connectivity index (χ0) is 23.1. The van der Waals surface area contributed by atoms with E-state index in [0.29, 0.717) is 12.0 Å². The first-order valence-corrected chi connectivity index (χ1v) is 9.54. The number of rotatable bonds is 5. The summed E-state index contributed by atoms with van der Waals surface area (Å²) in [6, 6.07) is 7.16. The highest BCUT2D eigenvalue weighted by atomic mass is 19.1. The van der Waals surface area contributed by atoms with Crippen LogP contribution in [0.4, 0.5) is 10.1 Å². The summed E-state index contributed by atoms with van der Waals surface area (Å²) in [6.45, 7) is 2.85. The predicted octanol–water partition coefficient (Wildman–Crippen LogP) is -0.750. The van der Waals surface area contributed by atoms with Crippen LogP contribution >= 0.6 is 0 Å². The monoisotopic (exact) mass is 427 g/mol. The third kappa shape index (κ3) is 4.84. The van der Waals surface area contributed by atoms with Gasteiger partial charge in [0.25, 0.3) is 5.56 Å². The molecule has 31 heavy (non-hydrogen) atoms. The lowest BCUT2D eigenvalue weighted by Gasteiger charge is -2.12. The first-order valence-electron chi connectivity index (χ1n) is 9.54. The van der Waals surface area contributed by atoms with Gasteiger partial charge in [0.05, 0.1) is 28.1 Å². The number of nitrogen functional groups attached to an aromatic ring is 1. The first kappa shape index (κ1) is 23.4. The number of nitriles is 1. The number of fused-ring (bicyclic) bond motifs is 1. The zero-order valence-electron chi connectivity index (χ0n) is 17.7. The molecule has 1 heterocycles. The smallest absolute Gasteiger partial charge is 0.261 e. The summed E-state index contributed by atoms with van der Waals surface area (Å²) in [5.74, 6) is -0.543. The third-order valence-corrected chi connectivity index (χ3v) is 4.71. The summed E-state index contributed by atoms with van der Waals surface area (Å²) in [5.41, 5.74) is 11.6. The fourth-order valence-electron chi connectivity index (χ4n) is 3.13. The molecular formula is C21H26FN7O2. The molecule has 0 fully saturated rings. The fourth-order valence-corrected chi connectivity index (χ4v) is 3.13. The van der Waals surface area contributed by atoms with Gasteiger partial charge in [-0.1, -0.05) is 0 Å². The molecule has 0 aliphatic carbocycles. The van der Waals surface area contributed by atoms with E-state index in [1.54, 1.807) is 4.57 Å². The summed E-state index contributed by atoms with van der Waals surface area (Å²) < 4.78 is 22.3. The van der Waals surface area contributed by atoms with Gasteiger partial charge >= 0.3 is 0 Å². The van der Waals surface area contributed by atoms with E-state index in [4.69, 9.17) is 21.6 Å². The molecule has 0 radical (unpaired) electrons. The Balaban J connectivity index is 3.38. The molecule has 0 saturated heterocycles. The van der Waals surface area contributed by atoms with Crippen molar-refractivity contribution in [2.45, 2.75) is 13.5 Å². The quantitative estimate of drug-likeness (QED) is 0.462. The molecule has 1 aromatic carbocycles. The van der Waals surface area contributed by atoms with E-state index in [2.05, 4.69) is 5.32 Å². The van der Waals surface area contributed by atoms with Crippen molar-refractivity contribution >= 4 is 28.5 Å². The third-order valence-electron chi connectivity index (χ3n) is 4.71. The number of aromatic nitrogens is 2. The lowest BCUT2D eigenvalue weighted by molar-refractivity contribution is 0.139. The lowest BCUT2D eigenvalue weighted by atomic mass is 10.2. The minimum absolute atomic E-state index is 0.00976. The Morgan fingerprint density at radius 1 is 1.42 bits per heavy atom. The van der Waals surface area contributed by atoms with Crippen LogP contribution in [0.25, 0.3) is 22.8 Å². The maximum absolute atomic E-state index is 14.2. The maximum Gasteiger partial charge on any atom is 0.261 e. The van der Waals surface area contributed by atoms with Crippen molar-refractivity contribution in [3.8, 4) is 6.07 Å². The molecule has 10 heteroatoms. The number of benzene rings is 1. The van der Waals surface area contributed by atoms with Crippen molar-refractivity contribution < 1.29 is 9.13 Å². The van der Waals surface area contributed by atoms with Gasteiger partial charge in [0.15, 0.2) is 0 Å². The van der Waals surface area contributed by atoms with E-state index >= 15 is 0 Å². The molecule has 1 aromatic heterocycles. The first-order chi connectivity index (χ1) is 14.8. The Hall–Kier alpha value is -3.84. The number of halogens is 1. The predicted molar refractivity (Wildman–Crippen MR) is 118 cm³/mol. The minimum atomic E-state index is -0.571. The molecule has 164 valence electrons. The van der Waals surface area contributed by atoms with Gasteiger partial charge in [-0.05, 0) is 31.2 Å². The molecule has 0 bridgehead atoms. The topological polar surface area (TPSA) is 148 Å². The number of ether oxygens (including phenoxy) is 1. The number of nitrogens with two attached hydrogens (primary N) is 2. The van der Waals surface area contributed by atoms with Crippen molar-refractivity contribution in [1.82, 2.24) is 14.5 Å². The summed E-state index contributed by atoms with van der Waals surface area (Å²) >= 11 is 0. The Morgan fingerprint density at radius 3 is 2.71 bits per heavy atom. The zero-order valence-corrected chi connectivity index (χ0v) is 17.7. The molecular weight excluding hydrogens is 401 g/mol. The van der Waals surface area contributed by atoms with Crippen LogP contribution in [0.1, 0.15) is 6.92 Å². The number of hydrogen-bond donors (Lipinski definition) is 4. The summed E-state index contributed by atoms with van der Waals surface area (Å²) in [5, 5.41) is 21.3. The van der Waals surface area contributed by atoms with Crippen molar-refractivity contribution in [3.05, 3.63) is 56.5 Å². The molecule has 2 aromatic rings. The van der Waals surface area contributed by atoms with Crippen LogP contribution in [0, 0.1) is 22.6 Å². The highest BCUT2D eigenvalue weighted by molar-refractivity contribution is 5.77. The standard InChI is InChI=1S/C21H26FN7O2/c1-4-31-8-7-29-14(11-23)10-16(25)19(17(12-24)27-2)20(26)28(3)21(30)15-6-5-13(22)9-18(15)29/h5-6,9-11,26-27H,4,7-8,23,25H2,1-3H3/b14-11?,16-10?,19-17-,26-20?. The number of hydrogen-bond acceptors (Lipinski definition) is 7. The molecule has 9 nitrogen and oxygen atoms in total. The van der Waals surface area contributed by atoms with E-state index < -0.39 is 11.4 Å². The Bertz CT molecular complexity index is 1340. The van der Waals surface area contributed by atoms with Crippen molar-refractivity contribution in [2.24, 2.45) is 12.8 Å². The fraction of sp³-hybridized carbons (Fsp3) is 0.286. The van der Waals surface area contributed by atoms with E-state index in [9.17, 15) is 14.4 Å². The van der Waals surface area contributed by atoms with Crippen molar-refractivity contribution in [1.29, 1.82) is 10.7 Å². The van der Waals surface area contributed by atoms with Gasteiger partial charge in [-0.3, -0.25) is 14.8 Å². The average molecular weight is 427 g/mol. The van der Waals surface area contributed by atoms with E-state index in [1.807, 2.05) is 13.0 Å². The van der Waals surface area contributed by atoms with E-state index in [-0.39, 0.29) is 46.1 Å². The van der Waals surface area contributed by atoms with Crippen molar-refractivity contribution in [2.75, 3.05) is 26.0 Å². The molecule has 0 aliphatic heterocycles. The van der Waals surface area contributed by atoms with Gasteiger partial charge in [0.2, 0.25) is 0 Å². The molecule has 0 aliphatic rings. The molecule has 6 N–H and O–H groups in total. The van der Waals surface area contributed by atoms with Crippen LogP contribution in [-0.2, 0) is 18.3 Å². The van der Waals surface area contributed by atoms with Gasteiger partial charge in [-0.25, -0.2) is 4.39 Å². The highest BCUT2D eigenvalue weighted by Crippen LogP contribution is 2.09. The van der Waals surface area contributed by atoms with Crippen LogP contribution in [0.3, 0.4) is 0 Å². The molecule has 0 spiro atoms. The average Bonchev–Trinajstić information content (AvgIpc) is 2.76. The van der Waals surface area contributed by atoms with Gasteiger partial charge in [-0.2, -0.15) is 5.26 Å². The van der Waals surface area contributed by atoms with Gasteiger partial charge in [0.1, 0.15) is 23.1 Å². The van der Waals surface area contributed by atoms with Crippen LogP contribution in [-0.4, -0.2) is 29.4 Å². The second kappa shape index (κ2) is 10.3. The molecule has 2 rings (SSSR count). The van der Waals surface area contributed by atoms with Crippen LogP contribution < -0.4 is 38.4 Å². The Kier molecular flexibility index (Phi) is 7.76. The second-order valence-corrected chi connectivity index (χ2v) is 6.53. The minimum Gasteiger partial charge on any atom is -0.403 e. The maximum atomic E-state index is 14.2. The van der Waals surface area contributed by atoms with Gasteiger partial charge in [0, 0.05) is 39.1 Å². The van der Waals surface area contributed by atoms with E-state index in [1.165, 1.54) is 44.6 Å². The number of nitrogens with zero attached hydrogens (tertiary/aromatic N) is 3. The summed E-state index contributed by atoms with van der Waals surface area (Å²) in [6.07, 6.45) is 1.26.